The van der Waals surface area contributed by atoms with Crippen molar-refractivity contribution >= 4 is 0 Å². The quantitative estimate of drug-likeness (QED) is 0.323. The molecule has 2 rings (SSSR count). The van der Waals surface area contributed by atoms with Crippen LogP contribution in [0.4, 0.5) is 0 Å². The molecular weight excluding hydrogens is 189 g/mol. The number of hydrogen-bond donors (Lipinski definition) is 0. The molecule has 1 nitrogen and oxygen atoms in total. The third-order valence-corrected chi connectivity index (χ3v) is 1.74. The van der Waals surface area contributed by atoms with Crippen LogP contribution >= 0.6 is 0 Å². The van der Waals surface area contributed by atoms with Crippen molar-refractivity contribution in [3.63, 3.8) is 0 Å². The molecule has 0 aromatic carbocycles. The van der Waals surface area contributed by atoms with Gasteiger partial charge < -0.3 is 11.2 Å². The average molecular weight is 198 g/mol. The Morgan fingerprint density at radius 2 is 2.25 bits per heavy atom. The maximum atomic E-state index is 5.25. The summed E-state index contributed by atoms with van der Waals surface area (Å²) in [6, 6.07) is 0. The van der Waals surface area contributed by atoms with Gasteiger partial charge in [-0.2, -0.15) is 6.42 Å². The van der Waals surface area contributed by atoms with Crippen LogP contribution < -0.4 is 0 Å². The molecule has 0 amide bonds. The Labute approximate surface area is 62.5 Å². The molecule has 0 bridgehead atoms. The summed E-state index contributed by atoms with van der Waals surface area (Å²) in [5.74, 6) is 0. The molecule has 2 unspecified atom stereocenters. The van der Waals surface area contributed by atoms with E-state index in [4.69, 9.17) is 4.74 Å². The van der Waals surface area contributed by atoms with Gasteiger partial charge in [-0.25, -0.2) is 0 Å². The van der Waals surface area contributed by atoms with Gasteiger partial charge in [0.25, 0.3) is 0 Å². The predicted molar refractivity (Wildman–Crippen MR) is 26.8 cm³/mol. The summed E-state index contributed by atoms with van der Waals surface area (Å²) in [5, 5.41) is 0. The zero-order valence-corrected chi connectivity index (χ0v) is 6.35. The van der Waals surface area contributed by atoms with Crippen LogP contribution in [-0.2, 0) is 24.2 Å². The van der Waals surface area contributed by atoms with Crippen molar-refractivity contribution in [3.05, 3.63) is 6.42 Å². The van der Waals surface area contributed by atoms with Crippen LogP contribution in [0, 0.1) is 6.42 Å². The molecule has 0 aromatic heterocycles. The van der Waals surface area contributed by atoms with Gasteiger partial charge in [0.2, 0.25) is 0 Å². The van der Waals surface area contributed by atoms with Crippen molar-refractivity contribution < 1.29 is 24.2 Å². The van der Waals surface area contributed by atoms with Gasteiger partial charge in [0.15, 0.2) is 0 Å². The minimum Gasteiger partial charge on any atom is -0.372 e. The molecule has 1 aliphatic heterocycles. The van der Waals surface area contributed by atoms with Crippen LogP contribution in [0.2, 0.25) is 0 Å². The summed E-state index contributed by atoms with van der Waals surface area (Å²) in [4.78, 5) is 0. The molecule has 1 saturated heterocycles. The molecule has 0 aromatic rings. The fourth-order valence-electron chi connectivity index (χ4n) is 1.20. The smallest absolute Gasteiger partial charge is 0.372 e. The molecule has 2 aliphatic rings. The van der Waals surface area contributed by atoms with Crippen LogP contribution in [0.3, 0.4) is 0 Å². The zero-order chi connectivity index (χ0) is 4.69. The Kier molecular flexibility index (Phi) is 2.05. The molecule has 0 spiro atoms. The summed E-state index contributed by atoms with van der Waals surface area (Å²) in [5.41, 5.74) is 0. The zero-order valence-electron chi connectivity index (χ0n) is 4.62. The second-order valence-electron chi connectivity index (χ2n) is 2.31. The van der Waals surface area contributed by atoms with Crippen molar-refractivity contribution in [2.24, 2.45) is 0 Å². The Bertz CT molecular complexity index is 74.6. The minimum atomic E-state index is 0. The van der Waals surface area contributed by atoms with Crippen molar-refractivity contribution in [1.29, 1.82) is 0 Å². The molecule has 47 valence electrons. The fraction of sp³-hybridized carbons (Fsp3) is 0.833. The van der Waals surface area contributed by atoms with Crippen LogP contribution in [0.5, 0.6) is 0 Å². The molecule has 0 N–H and O–H groups in total. The second kappa shape index (κ2) is 2.45. The van der Waals surface area contributed by atoms with E-state index in [9.17, 15) is 0 Å². The largest absolute Gasteiger partial charge is 1.00 e. The molecule has 1 radical (unpaired) electrons. The Hall–Kier alpha value is 0.583. The Balaban J connectivity index is 0.000000320. The average Bonchev–Trinajstić information content (AvgIpc) is 2.41. The molecule has 1 aliphatic carbocycles. The van der Waals surface area contributed by atoms with Gasteiger partial charge in [-0.15, -0.1) is 6.42 Å². The minimum absolute atomic E-state index is 0. The molecule has 2 fully saturated rings. The standard InChI is InChI=1S/C6H9O.Ru/c1-2-4-6-5(3-1)7-6;/h1,5-6H,2-4H2;/q-1;+1. The summed E-state index contributed by atoms with van der Waals surface area (Å²) in [6.45, 7) is 0. The van der Waals surface area contributed by atoms with Crippen LogP contribution in [0.1, 0.15) is 19.3 Å². The van der Waals surface area contributed by atoms with E-state index in [0.29, 0.717) is 12.2 Å². The Morgan fingerprint density at radius 1 is 1.38 bits per heavy atom. The van der Waals surface area contributed by atoms with Gasteiger partial charge in [0, 0.05) is 0 Å². The summed E-state index contributed by atoms with van der Waals surface area (Å²) >= 11 is 0. The van der Waals surface area contributed by atoms with Crippen LogP contribution in [-0.4, -0.2) is 12.2 Å². The monoisotopic (exact) mass is 199 g/mol. The molecule has 1 saturated carbocycles. The van der Waals surface area contributed by atoms with E-state index in [1.54, 1.807) is 0 Å². The van der Waals surface area contributed by atoms with Gasteiger partial charge in [0.05, 0.1) is 12.2 Å². The van der Waals surface area contributed by atoms with E-state index < -0.39 is 0 Å². The van der Waals surface area contributed by atoms with E-state index in [0.717, 1.165) is 0 Å². The van der Waals surface area contributed by atoms with Gasteiger partial charge in [-0.1, -0.05) is 6.42 Å². The SMILES string of the molecule is [CH-]1CCC2OC2C1.[Ru+]. The number of fused-ring (bicyclic) bond motifs is 1. The first kappa shape index (κ1) is 6.70. The second-order valence-corrected chi connectivity index (χ2v) is 2.31. The molecule has 8 heavy (non-hydrogen) atoms. The van der Waals surface area contributed by atoms with Crippen molar-refractivity contribution in [2.75, 3.05) is 0 Å². The first-order chi connectivity index (χ1) is 3.47. The Morgan fingerprint density at radius 3 is 2.75 bits per heavy atom. The van der Waals surface area contributed by atoms with Gasteiger partial charge in [-0.05, 0) is 0 Å². The third kappa shape index (κ3) is 1.11. The van der Waals surface area contributed by atoms with E-state index in [1.807, 2.05) is 0 Å². The topological polar surface area (TPSA) is 12.5 Å². The van der Waals surface area contributed by atoms with Gasteiger partial charge in [-0.3, -0.25) is 0 Å². The molecule has 2 heteroatoms. The maximum Gasteiger partial charge on any atom is 1.00 e. The summed E-state index contributed by atoms with van der Waals surface area (Å²) < 4.78 is 5.25. The first-order valence-electron chi connectivity index (χ1n) is 2.94. The maximum absolute atomic E-state index is 5.25. The van der Waals surface area contributed by atoms with E-state index in [-0.39, 0.29) is 19.5 Å². The van der Waals surface area contributed by atoms with Gasteiger partial charge in [0.1, 0.15) is 0 Å². The fourth-order valence-corrected chi connectivity index (χ4v) is 1.20. The molecular formula is C6H9ORu. The summed E-state index contributed by atoms with van der Waals surface area (Å²) in [7, 11) is 0. The number of hydrogen-bond acceptors (Lipinski definition) is 1. The predicted octanol–water partition coefficient (Wildman–Crippen LogP) is 1.14. The van der Waals surface area contributed by atoms with Crippen molar-refractivity contribution in [3.8, 4) is 0 Å². The van der Waals surface area contributed by atoms with E-state index in [2.05, 4.69) is 6.42 Å². The molecule has 2 atom stereocenters. The number of ether oxygens (including phenoxy) is 1. The normalized spacial score (nSPS) is 42.0. The third-order valence-electron chi connectivity index (χ3n) is 1.74. The summed E-state index contributed by atoms with van der Waals surface area (Å²) in [6.07, 6.45) is 7.42. The first-order valence-corrected chi connectivity index (χ1v) is 2.94. The number of rotatable bonds is 0. The number of epoxide rings is 1. The van der Waals surface area contributed by atoms with Crippen molar-refractivity contribution in [1.82, 2.24) is 0 Å². The van der Waals surface area contributed by atoms with Gasteiger partial charge >= 0.3 is 19.5 Å². The van der Waals surface area contributed by atoms with Crippen LogP contribution in [0.25, 0.3) is 0 Å². The van der Waals surface area contributed by atoms with Crippen molar-refractivity contribution in [2.45, 2.75) is 31.5 Å². The van der Waals surface area contributed by atoms with E-state index >= 15 is 0 Å². The van der Waals surface area contributed by atoms with Crippen LogP contribution in [0.15, 0.2) is 0 Å². The molecule has 1 heterocycles. The van der Waals surface area contributed by atoms with E-state index in [1.165, 1.54) is 19.3 Å².